The number of benzene rings is 1. The molecule has 1 unspecified atom stereocenters. The first-order chi connectivity index (χ1) is 11.4. The summed E-state index contributed by atoms with van der Waals surface area (Å²) in [6, 6.07) is 10.1. The van der Waals surface area contributed by atoms with Crippen molar-refractivity contribution in [3.05, 3.63) is 59.4 Å². The van der Waals surface area contributed by atoms with Crippen LogP contribution in [0, 0.1) is 0 Å². The van der Waals surface area contributed by atoms with Gasteiger partial charge in [-0.25, -0.2) is 0 Å². The highest BCUT2D eigenvalue weighted by Crippen LogP contribution is 2.16. The van der Waals surface area contributed by atoms with Gasteiger partial charge in [0.1, 0.15) is 0 Å². The van der Waals surface area contributed by atoms with Gasteiger partial charge in [0.15, 0.2) is 12.4 Å². The van der Waals surface area contributed by atoms with Crippen LogP contribution in [0.3, 0.4) is 0 Å². The first-order valence-electron chi connectivity index (χ1n) is 7.63. The molecule has 0 radical (unpaired) electrons. The number of hydrogen-bond acceptors (Lipinski definition) is 4. The number of rotatable bonds is 6. The molecular weight excluding hydrogens is 342 g/mol. The molecule has 0 N–H and O–H groups in total. The third kappa shape index (κ3) is 4.30. The molecule has 0 bridgehead atoms. The lowest BCUT2D eigenvalue weighted by molar-refractivity contribution is -0.691. The van der Waals surface area contributed by atoms with Crippen LogP contribution in [0.2, 0.25) is 5.02 Å². The summed E-state index contributed by atoms with van der Waals surface area (Å²) in [6.07, 6.45) is 3.70. The van der Waals surface area contributed by atoms with Crippen molar-refractivity contribution in [2.24, 2.45) is 4.99 Å². The molecular formula is C18H20ClN3OS. The highest BCUT2D eigenvalue weighted by atomic mass is 35.5. The maximum absolute atomic E-state index is 13.0. The van der Waals surface area contributed by atoms with Crippen LogP contribution < -0.4 is 9.47 Å². The van der Waals surface area contributed by atoms with Crippen molar-refractivity contribution in [3.63, 3.8) is 0 Å². The van der Waals surface area contributed by atoms with Gasteiger partial charge in [-0.15, -0.1) is 0 Å². The second kappa shape index (κ2) is 8.22. The number of aromatic nitrogens is 1. The fourth-order valence-electron chi connectivity index (χ4n) is 2.29. The van der Waals surface area contributed by atoms with E-state index in [1.807, 2.05) is 50.4 Å². The zero-order valence-corrected chi connectivity index (χ0v) is 15.5. The van der Waals surface area contributed by atoms with E-state index in [-0.39, 0.29) is 5.78 Å². The molecule has 0 saturated heterocycles. The molecule has 0 aliphatic heterocycles. The van der Waals surface area contributed by atoms with Crippen molar-refractivity contribution < 1.29 is 9.36 Å². The molecule has 0 aliphatic carbocycles. The summed E-state index contributed by atoms with van der Waals surface area (Å²) < 4.78 is 1.80. The minimum Gasteiger partial charge on any atom is -0.758 e. The quantitative estimate of drug-likeness (QED) is 0.261. The number of carbonyl (C=O) groups excluding carboxylic acids is 1. The Labute approximate surface area is 153 Å². The van der Waals surface area contributed by atoms with E-state index < -0.39 is 6.04 Å². The molecule has 24 heavy (non-hydrogen) atoms. The zero-order valence-electron chi connectivity index (χ0n) is 13.9. The van der Waals surface area contributed by atoms with Gasteiger partial charge in [-0.05, 0) is 36.2 Å². The molecule has 2 aromatic rings. The number of aliphatic imine (C=N–C) groups is 1. The van der Waals surface area contributed by atoms with Crippen LogP contribution in [0.4, 0.5) is 5.69 Å². The third-order valence-corrected chi connectivity index (χ3v) is 4.18. The second-order valence-corrected chi connectivity index (χ2v) is 6.34. The molecule has 2 rings (SSSR count). The van der Waals surface area contributed by atoms with Gasteiger partial charge in [0.25, 0.3) is 0 Å². The maximum atomic E-state index is 13.0. The van der Waals surface area contributed by atoms with E-state index in [0.717, 1.165) is 5.69 Å². The summed E-state index contributed by atoms with van der Waals surface area (Å²) in [4.78, 5) is 19.2. The molecule has 6 heteroatoms. The number of ketones is 1. The number of Topliss-reactive ketones (excluding diaryl/α,β-unsaturated/α-hetero) is 1. The maximum Gasteiger partial charge on any atom is 0.237 e. The summed E-state index contributed by atoms with van der Waals surface area (Å²) >= 11 is 11.3. The molecule has 0 fully saturated rings. The fourth-order valence-corrected chi connectivity index (χ4v) is 2.77. The molecule has 1 aromatic carbocycles. The average molecular weight is 362 g/mol. The SMILES string of the molecule is CCN=C([S-])C(C(=O)c1ccc(Cl)cc1)[n+]1ccc(N(C)C)cc1. The largest absolute Gasteiger partial charge is 0.758 e. The van der Waals surface area contributed by atoms with Crippen LogP contribution in [-0.2, 0) is 12.6 Å². The van der Waals surface area contributed by atoms with Crippen molar-refractivity contribution in [2.45, 2.75) is 13.0 Å². The van der Waals surface area contributed by atoms with Crippen LogP contribution in [0.1, 0.15) is 23.3 Å². The summed E-state index contributed by atoms with van der Waals surface area (Å²) in [5, 5.41) is 0.965. The predicted octanol–water partition coefficient (Wildman–Crippen LogP) is 3.08. The summed E-state index contributed by atoms with van der Waals surface area (Å²) in [6.45, 7) is 2.44. The summed E-state index contributed by atoms with van der Waals surface area (Å²) in [5.41, 5.74) is 1.60. The Hall–Kier alpha value is -1.98. The Morgan fingerprint density at radius 2 is 1.79 bits per heavy atom. The first-order valence-corrected chi connectivity index (χ1v) is 8.42. The molecule has 1 aromatic heterocycles. The zero-order chi connectivity index (χ0) is 17.7. The van der Waals surface area contributed by atoms with Crippen molar-refractivity contribution in [1.29, 1.82) is 0 Å². The van der Waals surface area contributed by atoms with Gasteiger partial charge in [-0.3, -0.25) is 4.79 Å². The monoisotopic (exact) mass is 361 g/mol. The van der Waals surface area contributed by atoms with Gasteiger partial charge in [-0.1, -0.05) is 11.6 Å². The number of nitrogens with zero attached hydrogens (tertiary/aromatic N) is 3. The van der Waals surface area contributed by atoms with E-state index in [1.165, 1.54) is 0 Å². The van der Waals surface area contributed by atoms with Crippen molar-refractivity contribution in [3.8, 4) is 0 Å². The number of hydrogen-bond donors (Lipinski definition) is 0. The van der Waals surface area contributed by atoms with Gasteiger partial charge < -0.3 is 22.5 Å². The van der Waals surface area contributed by atoms with Crippen molar-refractivity contribution >= 4 is 40.7 Å². The molecule has 1 heterocycles. The number of pyridine rings is 1. The van der Waals surface area contributed by atoms with Gasteiger partial charge in [0.2, 0.25) is 11.8 Å². The second-order valence-electron chi connectivity index (χ2n) is 5.48. The van der Waals surface area contributed by atoms with E-state index in [9.17, 15) is 4.79 Å². The van der Waals surface area contributed by atoms with Crippen LogP contribution in [0.25, 0.3) is 0 Å². The Balaban J connectivity index is 2.42. The Kier molecular flexibility index (Phi) is 6.29. The van der Waals surface area contributed by atoms with Crippen LogP contribution >= 0.6 is 11.6 Å². The Morgan fingerprint density at radius 1 is 1.21 bits per heavy atom. The molecule has 0 aliphatic rings. The molecule has 0 spiro atoms. The fraction of sp³-hybridized carbons (Fsp3) is 0.278. The lowest BCUT2D eigenvalue weighted by Gasteiger charge is -2.19. The molecule has 0 saturated carbocycles. The van der Waals surface area contributed by atoms with Crippen molar-refractivity contribution in [1.82, 2.24) is 0 Å². The standard InChI is InChI=1S/C18H20ClN3OS/c1-4-20-18(24)16(17(23)13-5-7-14(19)8-6-13)22-11-9-15(10-12-22)21(2)3/h5-12,16H,4H2,1-3H3. The number of carbonyl (C=O) groups is 1. The number of halogens is 1. The molecule has 0 amide bonds. The van der Waals surface area contributed by atoms with E-state index in [2.05, 4.69) is 4.99 Å². The van der Waals surface area contributed by atoms with E-state index in [4.69, 9.17) is 24.2 Å². The summed E-state index contributed by atoms with van der Waals surface area (Å²) in [5.74, 6) is -0.100. The Morgan fingerprint density at radius 3 is 2.29 bits per heavy atom. The van der Waals surface area contributed by atoms with Crippen LogP contribution in [0.15, 0.2) is 53.8 Å². The van der Waals surface area contributed by atoms with Gasteiger partial charge in [0.05, 0.1) is 0 Å². The minimum atomic E-state index is -0.641. The highest BCUT2D eigenvalue weighted by Gasteiger charge is 2.28. The van der Waals surface area contributed by atoms with E-state index >= 15 is 0 Å². The van der Waals surface area contributed by atoms with Crippen molar-refractivity contribution in [2.75, 3.05) is 25.5 Å². The number of anilines is 1. The lowest BCUT2D eigenvalue weighted by Crippen LogP contribution is -2.47. The topological polar surface area (TPSA) is 36.6 Å². The summed E-state index contributed by atoms with van der Waals surface area (Å²) in [7, 11) is 3.93. The Bertz CT molecular complexity index is 727. The average Bonchev–Trinajstić information content (AvgIpc) is 2.56. The lowest BCUT2D eigenvalue weighted by atomic mass is 10.0. The smallest absolute Gasteiger partial charge is 0.237 e. The van der Waals surface area contributed by atoms with Crippen LogP contribution in [-0.4, -0.2) is 31.5 Å². The predicted molar refractivity (Wildman–Crippen MR) is 101 cm³/mol. The third-order valence-electron chi connectivity index (χ3n) is 3.57. The molecule has 126 valence electrons. The van der Waals surface area contributed by atoms with Gasteiger partial charge in [0, 0.05) is 49.0 Å². The highest BCUT2D eigenvalue weighted by molar-refractivity contribution is 7.77. The molecule has 4 nitrogen and oxygen atoms in total. The van der Waals surface area contributed by atoms with Crippen LogP contribution in [0.5, 0.6) is 0 Å². The first kappa shape index (κ1) is 18.4. The van der Waals surface area contributed by atoms with Gasteiger partial charge >= 0.3 is 0 Å². The van der Waals surface area contributed by atoms with Gasteiger partial charge in [-0.2, -0.15) is 4.57 Å². The normalized spacial score (nSPS) is 12.8. The minimum absolute atomic E-state index is 0.100. The molecule has 1 atom stereocenters. The van der Waals surface area contributed by atoms with E-state index in [0.29, 0.717) is 22.2 Å². The van der Waals surface area contributed by atoms with E-state index in [1.54, 1.807) is 28.8 Å².